The number of benzene rings is 2. The van der Waals surface area contributed by atoms with Crippen molar-refractivity contribution in [3.63, 3.8) is 0 Å². The summed E-state index contributed by atoms with van der Waals surface area (Å²) >= 11 is 0. The van der Waals surface area contributed by atoms with Gasteiger partial charge in [-0.15, -0.1) is 0 Å². The molecule has 0 bridgehead atoms. The van der Waals surface area contributed by atoms with E-state index >= 15 is 0 Å². The Morgan fingerprint density at radius 1 is 1.23 bits per heavy atom. The van der Waals surface area contributed by atoms with E-state index in [2.05, 4.69) is 0 Å². The third-order valence-corrected chi connectivity index (χ3v) is 2.21. The van der Waals surface area contributed by atoms with Crippen molar-refractivity contribution in [1.82, 2.24) is 0 Å². The summed E-state index contributed by atoms with van der Waals surface area (Å²) in [5.74, 6) is 0. The van der Waals surface area contributed by atoms with Gasteiger partial charge < -0.3 is 5.73 Å². The van der Waals surface area contributed by atoms with Crippen LogP contribution in [0.2, 0.25) is 0 Å². The Morgan fingerprint density at radius 2 is 1.92 bits per heavy atom. The second-order valence-electron chi connectivity index (χ2n) is 3.27. The first-order valence-corrected chi connectivity index (χ1v) is 4.44. The van der Waals surface area contributed by atoms with Crippen molar-refractivity contribution in [2.24, 2.45) is 5.73 Å². The van der Waals surface area contributed by atoms with E-state index in [1.54, 1.807) is 6.07 Å². The molecule has 0 amide bonds. The minimum absolute atomic E-state index is 0.0893. The van der Waals surface area contributed by atoms with Gasteiger partial charge in [-0.25, -0.2) is 0 Å². The second-order valence-corrected chi connectivity index (χ2v) is 3.27. The highest BCUT2D eigenvalue weighted by Gasteiger charge is 2.02. The molecule has 0 radical (unpaired) electrons. The lowest BCUT2D eigenvalue weighted by Crippen LogP contribution is -2.05. The quantitative estimate of drug-likeness (QED) is 0.703. The number of hydrogen-bond acceptors (Lipinski definition) is 1. The standard InChI is InChI=1S/C12H13N/c1-9(13)11-8-4-6-10-5-2-3-7-12(10)11/h2-9H,13H2,1H3/t9-/m1/s1/i8D. The highest BCUT2D eigenvalue weighted by Crippen LogP contribution is 2.22. The lowest BCUT2D eigenvalue weighted by Gasteiger charge is -2.09. The third kappa shape index (κ3) is 1.43. The van der Waals surface area contributed by atoms with Crippen LogP contribution in [0.1, 0.15) is 19.9 Å². The fraction of sp³-hybridized carbons (Fsp3) is 0.167. The maximum absolute atomic E-state index is 7.80. The molecule has 0 aliphatic rings. The predicted molar refractivity (Wildman–Crippen MR) is 56.6 cm³/mol. The van der Waals surface area contributed by atoms with Gasteiger partial charge in [-0.2, -0.15) is 0 Å². The smallest absolute Gasteiger partial charge is 0.0626 e. The first-order valence-electron chi connectivity index (χ1n) is 4.94. The van der Waals surface area contributed by atoms with Crippen LogP contribution in [-0.4, -0.2) is 0 Å². The van der Waals surface area contributed by atoms with Crippen molar-refractivity contribution in [2.45, 2.75) is 13.0 Å². The minimum atomic E-state index is -0.0893. The molecule has 2 aromatic carbocycles. The molecule has 0 aliphatic heterocycles. The molecule has 1 heteroatoms. The van der Waals surface area contributed by atoms with Crippen LogP contribution in [0.3, 0.4) is 0 Å². The zero-order valence-corrected chi connectivity index (χ0v) is 7.62. The normalized spacial score (nSPS) is 14.2. The summed E-state index contributed by atoms with van der Waals surface area (Å²) in [5, 5.41) is 2.24. The Kier molecular flexibility index (Phi) is 1.74. The number of rotatable bonds is 1. The molecule has 66 valence electrons. The van der Waals surface area contributed by atoms with E-state index in [4.69, 9.17) is 7.10 Å². The molecule has 2 aromatic rings. The highest BCUT2D eigenvalue weighted by molar-refractivity contribution is 5.85. The number of fused-ring (bicyclic) bond motifs is 1. The van der Waals surface area contributed by atoms with Crippen LogP contribution in [0.25, 0.3) is 10.8 Å². The van der Waals surface area contributed by atoms with Gasteiger partial charge in [-0.05, 0) is 23.3 Å². The van der Waals surface area contributed by atoms with Crippen LogP contribution in [0.15, 0.2) is 42.4 Å². The minimum Gasteiger partial charge on any atom is -0.324 e. The van der Waals surface area contributed by atoms with E-state index in [0.29, 0.717) is 6.04 Å². The molecule has 0 spiro atoms. The Bertz CT molecular complexity index is 463. The van der Waals surface area contributed by atoms with Gasteiger partial charge in [0, 0.05) is 6.04 Å². The summed E-state index contributed by atoms with van der Waals surface area (Å²) < 4.78 is 7.80. The molecule has 2 rings (SSSR count). The molecule has 0 heterocycles. The van der Waals surface area contributed by atoms with Gasteiger partial charge in [0.05, 0.1) is 1.37 Å². The predicted octanol–water partition coefficient (Wildman–Crippen LogP) is 2.86. The Labute approximate surface area is 79.6 Å². The lowest BCUT2D eigenvalue weighted by atomic mass is 10.0. The van der Waals surface area contributed by atoms with Gasteiger partial charge in [0.25, 0.3) is 0 Å². The Hall–Kier alpha value is -1.34. The summed E-state index contributed by atoms with van der Waals surface area (Å²) in [6.07, 6.45) is 0. The van der Waals surface area contributed by atoms with Crippen molar-refractivity contribution < 1.29 is 1.37 Å². The maximum atomic E-state index is 7.80. The molecule has 0 fully saturated rings. The monoisotopic (exact) mass is 172 g/mol. The van der Waals surface area contributed by atoms with Crippen molar-refractivity contribution in [3.8, 4) is 0 Å². The topological polar surface area (TPSA) is 26.0 Å². The van der Waals surface area contributed by atoms with Crippen LogP contribution in [0.4, 0.5) is 0 Å². The van der Waals surface area contributed by atoms with Crippen molar-refractivity contribution in [2.75, 3.05) is 0 Å². The Balaban J connectivity index is 2.83. The summed E-state index contributed by atoms with van der Waals surface area (Å²) in [7, 11) is 0. The molecule has 0 unspecified atom stereocenters. The molecule has 0 saturated carbocycles. The van der Waals surface area contributed by atoms with Crippen molar-refractivity contribution in [1.29, 1.82) is 0 Å². The summed E-state index contributed by atoms with van der Waals surface area (Å²) in [4.78, 5) is 0. The number of nitrogens with two attached hydrogens (primary N) is 1. The molecule has 2 N–H and O–H groups in total. The zero-order chi connectivity index (χ0) is 10.1. The molecule has 1 atom stereocenters. The molecule has 0 saturated heterocycles. The fourth-order valence-electron chi connectivity index (χ4n) is 1.56. The maximum Gasteiger partial charge on any atom is 0.0626 e. The van der Waals surface area contributed by atoms with Gasteiger partial charge in [-0.1, -0.05) is 42.4 Å². The van der Waals surface area contributed by atoms with Crippen LogP contribution in [0, 0.1) is 0 Å². The molecular weight excluding hydrogens is 158 g/mol. The van der Waals surface area contributed by atoms with E-state index in [1.165, 1.54) is 0 Å². The van der Waals surface area contributed by atoms with Crippen molar-refractivity contribution in [3.05, 3.63) is 48.0 Å². The summed E-state index contributed by atoms with van der Waals surface area (Å²) in [6.45, 7) is 1.92. The SMILES string of the molecule is [2H]c1ccc2ccccc2c1[C@@H](C)N. The van der Waals surface area contributed by atoms with Crippen LogP contribution in [-0.2, 0) is 0 Å². The molecule has 0 aliphatic carbocycles. The average molecular weight is 172 g/mol. The highest BCUT2D eigenvalue weighted by atomic mass is 14.6. The number of hydrogen-bond donors (Lipinski definition) is 1. The molecule has 0 aromatic heterocycles. The third-order valence-electron chi connectivity index (χ3n) is 2.21. The largest absolute Gasteiger partial charge is 0.324 e. The Morgan fingerprint density at radius 3 is 2.69 bits per heavy atom. The van der Waals surface area contributed by atoms with Crippen LogP contribution >= 0.6 is 0 Å². The van der Waals surface area contributed by atoms with Gasteiger partial charge in [-0.3, -0.25) is 0 Å². The van der Waals surface area contributed by atoms with Gasteiger partial charge in [0.2, 0.25) is 0 Å². The molecule has 1 nitrogen and oxygen atoms in total. The fourth-order valence-corrected chi connectivity index (χ4v) is 1.56. The zero-order valence-electron chi connectivity index (χ0n) is 8.62. The van der Waals surface area contributed by atoms with Gasteiger partial charge in [0.1, 0.15) is 0 Å². The summed E-state index contributed by atoms with van der Waals surface area (Å²) in [5.41, 5.74) is 6.79. The van der Waals surface area contributed by atoms with Crippen LogP contribution in [0.5, 0.6) is 0 Å². The van der Waals surface area contributed by atoms with Crippen LogP contribution < -0.4 is 5.73 Å². The van der Waals surface area contributed by atoms with E-state index in [0.717, 1.165) is 16.3 Å². The van der Waals surface area contributed by atoms with Crippen molar-refractivity contribution >= 4 is 10.8 Å². The first kappa shape index (κ1) is 7.10. The van der Waals surface area contributed by atoms with Gasteiger partial charge in [0.15, 0.2) is 0 Å². The van der Waals surface area contributed by atoms with Gasteiger partial charge >= 0.3 is 0 Å². The lowest BCUT2D eigenvalue weighted by molar-refractivity contribution is 0.827. The van der Waals surface area contributed by atoms with E-state index in [9.17, 15) is 0 Å². The second kappa shape index (κ2) is 3.19. The van der Waals surface area contributed by atoms with E-state index in [-0.39, 0.29) is 6.04 Å². The average Bonchev–Trinajstić information content (AvgIpc) is 2.17. The summed E-state index contributed by atoms with van der Waals surface area (Å²) in [6, 6.07) is 12.2. The molecular formula is C12H13N. The molecule has 13 heavy (non-hydrogen) atoms. The first-order chi connectivity index (χ1) is 6.70. The van der Waals surface area contributed by atoms with E-state index in [1.807, 2.05) is 37.3 Å². The van der Waals surface area contributed by atoms with E-state index < -0.39 is 0 Å².